The first-order valence-electron chi connectivity index (χ1n) is 6.08. The standard InChI is InChI=1S/C13H17BrN2/c14-9-2-1-3-10(6-9)16-13-7-11-4-5-12(8-13)15-11/h1-3,6,11-13,15-16H,4-5,7-8H2. The first-order chi connectivity index (χ1) is 7.79. The Bertz CT molecular complexity index is 368. The van der Waals surface area contributed by atoms with Gasteiger partial charge in [0, 0.05) is 28.3 Å². The van der Waals surface area contributed by atoms with E-state index in [1.165, 1.54) is 31.4 Å². The second-order valence-corrected chi connectivity index (χ2v) is 5.88. The molecule has 2 heterocycles. The zero-order chi connectivity index (χ0) is 11.0. The van der Waals surface area contributed by atoms with Gasteiger partial charge in [0.2, 0.25) is 0 Å². The van der Waals surface area contributed by atoms with Crippen LogP contribution < -0.4 is 10.6 Å². The summed E-state index contributed by atoms with van der Waals surface area (Å²) >= 11 is 3.51. The molecule has 0 radical (unpaired) electrons. The maximum Gasteiger partial charge on any atom is 0.0353 e. The van der Waals surface area contributed by atoms with Gasteiger partial charge in [-0.25, -0.2) is 0 Å². The van der Waals surface area contributed by atoms with E-state index in [4.69, 9.17) is 0 Å². The van der Waals surface area contributed by atoms with Crippen LogP contribution in [0, 0.1) is 0 Å². The molecule has 0 saturated carbocycles. The van der Waals surface area contributed by atoms with E-state index in [0.29, 0.717) is 6.04 Å². The van der Waals surface area contributed by atoms with Crippen molar-refractivity contribution < 1.29 is 0 Å². The third-order valence-corrected chi connectivity index (χ3v) is 4.16. The van der Waals surface area contributed by atoms with E-state index in [9.17, 15) is 0 Å². The Kier molecular flexibility index (Phi) is 2.90. The average molecular weight is 281 g/mol. The molecule has 2 bridgehead atoms. The maximum absolute atomic E-state index is 3.67. The minimum absolute atomic E-state index is 0.646. The van der Waals surface area contributed by atoms with Crippen molar-refractivity contribution in [2.45, 2.75) is 43.8 Å². The van der Waals surface area contributed by atoms with Crippen LogP contribution in [0.3, 0.4) is 0 Å². The SMILES string of the molecule is Brc1cccc(NC2CC3CCC(C2)N3)c1. The molecule has 0 aromatic heterocycles. The molecule has 0 amide bonds. The Labute approximate surface area is 105 Å². The topological polar surface area (TPSA) is 24.1 Å². The molecule has 2 aliphatic rings. The van der Waals surface area contributed by atoms with Crippen LogP contribution >= 0.6 is 15.9 Å². The van der Waals surface area contributed by atoms with Gasteiger partial charge in [-0.15, -0.1) is 0 Å². The molecule has 0 spiro atoms. The highest BCUT2D eigenvalue weighted by Gasteiger charge is 2.33. The quantitative estimate of drug-likeness (QED) is 0.870. The highest BCUT2D eigenvalue weighted by molar-refractivity contribution is 9.10. The molecule has 2 atom stereocenters. The Balaban J connectivity index is 1.67. The van der Waals surface area contributed by atoms with E-state index in [1.807, 2.05) is 0 Å². The van der Waals surface area contributed by atoms with Gasteiger partial charge in [-0.3, -0.25) is 0 Å². The number of rotatable bonds is 2. The zero-order valence-corrected chi connectivity index (χ0v) is 10.8. The molecule has 2 N–H and O–H groups in total. The molecule has 2 aliphatic heterocycles. The van der Waals surface area contributed by atoms with Crippen molar-refractivity contribution in [2.75, 3.05) is 5.32 Å². The Morgan fingerprint density at radius 2 is 1.94 bits per heavy atom. The number of hydrogen-bond donors (Lipinski definition) is 2. The number of nitrogens with one attached hydrogen (secondary N) is 2. The van der Waals surface area contributed by atoms with Crippen molar-refractivity contribution >= 4 is 21.6 Å². The lowest BCUT2D eigenvalue weighted by Gasteiger charge is -2.30. The zero-order valence-electron chi connectivity index (χ0n) is 9.25. The normalized spacial score (nSPS) is 32.7. The minimum Gasteiger partial charge on any atom is -0.382 e. The van der Waals surface area contributed by atoms with E-state index in [-0.39, 0.29) is 0 Å². The second kappa shape index (κ2) is 4.38. The predicted molar refractivity (Wildman–Crippen MR) is 70.7 cm³/mol. The van der Waals surface area contributed by atoms with Crippen LogP contribution in [0.25, 0.3) is 0 Å². The number of benzene rings is 1. The third-order valence-electron chi connectivity index (χ3n) is 3.67. The summed E-state index contributed by atoms with van der Waals surface area (Å²) in [5.74, 6) is 0. The number of halogens is 1. The lowest BCUT2D eigenvalue weighted by atomic mass is 9.99. The lowest BCUT2D eigenvalue weighted by molar-refractivity contribution is 0.378. The van der Waals surface area contributed by atoms with E-state index < -0.39 is 0 Å². The molecule has 3 rings (SSSR count). The van der Waals surface area contributed by atoms with Gasteiger partial charge in [-0.05, 0) is 43.9 Å². The van der Waals surface area contributed by atoms with Crippen LogP contribution in [0.4, 0.5) is 5.69 Å². The van der Waals surface area contributed by atoms with Gasteiger partial charge in [0.25, 0.3) is 0 Å². The maximum atomic E-state index is 3.67. The largest absolute Gasteiger partial charge is 0.382 e. The summed E-state index contributed by atoms with van der Waals surface area (Å²) in [7, 11) is 0. The first kappa shape index (κ1) is 10.6. The number of anilines is 1. The summed E-state index contributed by atoms with van der Waals surface area (Å²) in [4.78, 5) is 0. The van der Waals surface area contributed by atoms with Gasteiger partial charge in [-0.1, -0.05) is 22.0 Å². The molecule has 2 saturated heterocycles. The summed E-state index contributed by atoms with van der Waals surface area (Å²) in [6.45, 7) is 0. The Hall–Kier alpha value is -0.540. The monoisotopic (exact) mass is 280 g/mol. The molecule has 2 fully saturated rings. The highest BCUT2D eigenvalue weighted by atomic mass is 79.9. The van der Waals surface area contributed by atoms with E-state index in [1.54, 1.807) is 0 Å². The van der Waals surface area contributed by atoms with Gasteiger partial charge in [0.15, 0.2) is 0 Å². The van der Waals surface area contributed by atoms with Crippen LogP contribution in [0.15, 0.2) is 28.7 Å². The molecule has 1 aromatic carbocycles. The van der Waals surface area contributed by atoms with Crippen molar-refractivity contribution in [3.8, 4) is 0 Å². The number of fused-ring (bicyclic) bond motifs is 2. The fourth-order valence-corrected chi connectivity index (χ4v) is 3.39. The third kappa shape index (κ3) is 2.25. The fourth-order valence-electron chi connectivity index (χ4n) is 2.99. The molecule has 3 heteroatoms. The summed E-state index contributed by atoms with van der Waals surface area (Å²) in [5.41, 5.74) is 1.24. The van der Waals surface area contributed by atoms with Gasteiger partial charge >= 0.3 is 0 Å². The van der Waals surface area contributed by atoms with Crippen molar-refractivity contribution in [1.82, 2.24) is 5.32 Å². The summed E-state index contributed by atoms with van der Waals surface area (Å²) in [6.07, 6.45) is 5.26. The molecule has 86 valence electrons. The van der Waals surface area contributed by atoms with Crippen molar-refractivity contribution in [1.29, 1.82) is 0 Å². The van der Waals surface area contributed by atoms with E-state index in [0.717, 1.165) is 16.6 Å². The van der Waals surface area contributed by atoms with Crippen molar-refractivity contribution in [3.63, 3.8) is 0 Å². The predicted octanol–water partition coefficient (Wildman–Crippen LogP) is 3.14. The first-order valence-corrected chi connectivity index (χ1v) is 6.87. The number of piperidine rings is 1. The van der Waals surface area contributed by atoms with Crippen molar-refractivity contribution in [2.24, 2.45) is 0 Å². The summed E-state index contributed by atoms with van der Waals surface area (Å²) in [6, 6.07) is 10.6. The molecule has 0 aliphatic carbocycles. The van der Waals surface area contributed by atoms with Crippen molar-refractivity contribution in [3.05, 3.63) is 28.7 Å². The summed E-state index contributed by atoms with van der Waals surface area (Å²) < 4.78 is 1.15. The van der Waals surface area contributed by atoms with Crippen LogP contribution in [0.5, 0.6) is 0 Å². The van der Waals surface area contributed by atoms with Gasteiger partial charge in [0.1, 0.15) is 0 Å². The van der Waals surface area contributed by atoms with E-state index >= 15 is 0 Å². The van der Waals surface area contributed by atoms with E-state index in [2.05, 4.69) is 50.8 Å². The molecular weight excluding hydrogens is 264 g/mol. The molecular formula is C13H17BrN2. The van der Waals surface area contributed by atoms with Gasteiger partial charge in [-0.2, -0.15) is 0 Å². The van der Waals surface area contributed by atoms with Crippen LogP contribution in [-0.4, -0.2) is 18.1 Å². The highest BCUT2D eigenvalue weighted by Crippen LogP contribution is 2.29. The molecule has 16 heavy (non-hydrogen) atoms. The Morgan fingerprint density at radius 1 is 1.19 bits per heavy atom. The second-order valence-electron chi connectivity index (χ2n) is 4.96. The van der Waals surface area contributed by atoms with Gasteiger partial charge in [0.05, 0.1) is 0 Å². The molecule has 1 aromatic rings. The summed E-state index contributed by atoms with van der Waals surface area (Å²) in [5, 5.41) is 7.32. The van der Waals surface area contributed by atoms with Crippen LogP contribution in [0.2, 0.25) is 0 Å². The number of hydrogen-bond acceptors (Lipinski definition) is 2. The smallest absolute Gasteiger partial charge is 0.0353 e. The lowest BCUT2D eigenvalue weighted by Crippen LogP contribution is -2.43. The minimum atomic E-state index is 0.646. The molecule has 2 unspecified atom stereocenters. The fraction of sp³-hybridized carbons (Fsp3) is 0.538. The van der Waals surface area contributed by atoms with Gasteiger partial charge < -0.3 is 10.6 Å². The molecule has 2 nitrogen and oxygen atoms in total. The van der Waals surface area contributed by atoms with Crippen LogP contribution in [0.1, 0.15) is 25.7 Å². The average Bonchev–Trinajstić information content (AvgIpc) is 2.58. The Morgan fingerprint density at radius 3 is 2.62 bits per heavy atom. The van der Waals surface area contributed by atoms with Crippen LogP contribution in [-0.2, 0) is 0 Å².